The molecule has 2 N–H and O–H groups in total. The molecule has 0 radical (unpaired) electrons. The van der Waals surface area contributed by atoms with Crippen LogP contribution in [-0.2, 0) is 0 Å². The second-order valence-corrected chi connectivity index (χ2v) is 2.16. The number of hydrazine groups is 1. The van der Waals surface area contributed by atoms with Crippen LogP contribution < -0.4 is 11.1 Å². The third kappa shape index (κ3) is 3.41. The molecule has 0 aliphatic carbocycles. The van der Waals surface area contributed by atoms with Crippen LogP contribution in [-0.4, -0.2) is 0 Å². The summed E-state index contributed by atoms with van der Waals surface area (Å²) < 4.78 is 11.4. The van der Waals surface area contributed by atoms with Gasteiger partial charge in [0.05, 0.1) is 5.69 Å². The van der Waals surface area contributed by atoms with Gasteiger partial charge >= 0.3 is 0 Å². The van der Waals surface area contributed by atoms with Crippen LogP contribution in [0, 0.1) is 0 Å². The largest absolute Gasteiger partial charge is 0.295 e. The molecule has 0 amide bonds. The Balaban J connectivity index is 0.000001000. The van der Waals surface area contributed by atoms with Gasteiger partial charge in [0.15, 0.2) is 0 Å². The predicted octanol–water partition coefficient (Wildman–Crippen LogP) is 2.56. The molecule has 0 fully saturated rings. The first-order chi connectivity index (χ1) is 4.83. The van der Waals surface area contributed by atoms with Crippen LogP contribution in [0.3, 0.4) is 0 Å². The van der Waals surface area contributed by atoms with Gasteiger partial charge in [-0.2, -0.15) is 0 Å². The van der Waals surface area contributed by atoms with E-state index in [9.17, 15) is 4.48 Å². The van der Waals surface area contributed by atoms with Crippen LogP contribution in [0.4, 0.5) is 10.2 Å². The van der Waals surface area contributed by atoms with Gasteiger partial charge in [-0.1, -0.05) is 17.2 Å². The fraction of sp³-hybridized carbons (Fsp3) is 0. The van der Waals surface area contributed by atoms with E-state index in [-0.39, 0.29) is 12.4 Å². The second-order valence-electron chi connectivity index (χ2n) is 1.73. The molecule has 0 aromatic heterocycles. The van der Waals surface area contributed by atoms with Crippen molar-refractivity contribution < 1.29 is 4.48 Å². The zero-order valence-corrected chi connectivity index (χ0v) is 7.05. The Hall–Kier alpha value is -0.510. The number of benzene rings is 1. The standard InChI is InChI=1S/C6H6ClFN2.ClH/c7-5-1-3-6(4-2-5)9-10-8;/h1-4,9-10H;1H. The molecule has 0 heterocycles. The summed E-state index contributed by atoms with van der Waals surface area (Å²) in [5.74, 6) is 0. The summed E-state index contributed by atoms with van der Waals surface area (Å²) in [5, 5.41) is 0.629. The van der Waals surface area contributed by atoms with Gasteiger partial charge < -0.3 is 0 Å². The third-order valence-electron chi connectivity index (χ3n) is 1.04. The molecule has 2 nitrogen and oxygen atoms in total. The maximum Gasteiger partial charge on any atom is 0.0513 e. The molecule has 0 bridgehead atoms. The molecule has 0 aliphatic heterocycles. The molecule has 0 spiro atoms. The van der Waals surface area contributed by atoms with E-state index in [1.165, 1.54) is 5.65 Å². The van der Waals surface area contributed by atoms with E-state index in [4.69, 9.17) is 11.6 Å². The van der Waals surface area contributed by atoms with Crippen molar-refractivity contribution in [2.24, 2.45) is 0 Å². The van der Waals surface area contributed by atoms with Crippen molar-refractivity contribution in [3.05, 3.63) is 29.3 Å². The van der Waals surface area contributed by atoms with Gasteiger partial charge in [0.1, 0.15) is 0 Å². The van der Waals surface area contributed by atoms with Crippen LogP contribution in [0.1, 0.15) is 0 Å². The number of hydrogen-bond acceptors (Lipinski definition) is 2. The van der Waals surface area contributed by atoms with Crippen LogP contribution in [0.2, 0.25) is 5.02 Å². The van der Waals surface area contributed by atoms with Gasteiger partial charge in [-0.25, -0.2) is 0 Å². The van der Waals surface area contributed by atoms with E-state index in [1.54, 1.807) is 24.3 Å². The van der Waals surface area contributed by atoms with Gasteiger partial charge in [0, 0.05) is 5.02 Å². The summed E-state index contributed by atoms with van der Waals surface area (Å²) in [5.41, 5.74) is 4.20. The van der Waals surface area contributed by atoms with Crippen molar-refractivity contribution >= 4 is 29.7 Å². The van der Waals surface area contributed by atoms with E-state index >= 15 is 0 Å². The molecule has 11 heavy (non-hydrogen) atoms. The average Bonchev–Trinajstić information content (AvgIpc) is 1.95. The molecule has 0 saturated carbocycles. The van der Waals surface area contributed by atoms with Gasteiger partial charge in [0.25, 0.3) is 0 Å². The lowest BCUT2D eigenvalue weighted by atomic mass is 10.3. The minimum atomic E-state index is 0. The lowest BCUT2D eigenvalue weighted by molar-refractivity contribution is 0.376. The Labute approximate surface area is 75.1 Å². The number of hydrogen-bond donors (Lipinski definition) is 2. The maximum atomic E-state index is 11.4. The SMILES string of the molecule is Cl.FNNc1ccc(Cl)cc1. The van der Waals surface area contributed by atoms with Crippen molar-refractivity contribution in [2.75, 3.05) is 5.43 Å². The van der Waals surface area contributed by atoms with Crippen LogP contribution >= 0.6 is 24.0 Å². The van der Waals surface area contributed by atoms with Crippen molar-refractivity contribution in [1.29, 1.82) is 0 Å². The number of anilines is 1. The minimum Gasteiger partial charge on any atom is -0.295 e. The van der Waals surface area contributed by atoms with Crippen molar-refractivity contribution in [3.8, 4) is 0 Å². The van der Waals surface area contributed by atoms with E-state index in [0.29, 0.717) is 10.7 Å². The highest BCUT2D eigenvalue weighted by molar-refractivity contribution is 6.30. The van der Waals surface area contributed by atoms with Crippen LogP contribution in [0.25, 0.3) is 0 Å². The van der Waals surface area contributed by atoms with Crippen molar-refractivity contribution in [3.63, 3.8) is 0 Å². The zero-order valence-electron chi connectivity index (χ0n) is 5.47. The van der Waals surface area contributed by atoms with Gasteiger partial charge in [0.2, 0.25) is 0 Å². The fourth-order valence-corrected chi connectivity index (χ4v) is 0.714. The van der Waals surface area contributed by atoms with Gasteiger partial charge in [-0.3, -0.25) is 5.43 Å². The molecule has 0 unspecified atom stereocenters. The molecule has 0 saturated heterocycles. The Kier molecular flexibility index (Phi) is 4.94. The Morgan fingerprint density at radius 3 is 2.18 bits per heavy atom. The monoisotopic (exact) mass is 196 g/mol. The summed E-state index contributed by atoms with van der Waals surface area (Å²) >= 11 is 5.57. The average molecular weight is 197 g/mol. The second kappa shape index (κ2) is 5.18. The Bertz CT molecular complexity index is 202. The first kappa shape index (κ1) is 10.5. The summed E-state index contributed by atoms with van der Waals surface area (Å²) in [6.45, 7) is 0. The molecule has 1 aromatic rings. The van der Waals surface area contributed by atoms with Crippen molar-refractivity contribution in [2.45, 2.75) is 0 Å². The maximum absolute atomic E-state index is 11.4. The fourth-order valence-electron chi connectivity index (χ4n) is 0.588. The molecule has 1 rings (SSSR count). The highest BCUT2D eigenvalue weighted by atomic mass is 35.5. The minimum absolute atomic E-state index is 0. The third-order valence-corrected chi connectivity index (χ3v) is 1.29. The van der Waals surface area contributed by atoms with E-state index in [0.717, 1.165) is 0 Å². The molecule has 0 aliphatic rings. The Morgan fingerprint density at radius 1 is 1.18 bits per heavy atom. The van der Waals surface area contributed by atoms with Crippen LogP contribution in [0.15, 0.2) is 24.3 Å². The number of nitrogens with one attached hydrogen (secondary N) is 2. The quantitative estimate of drug-likeness (QED) is 0.562. The first-order valence-electron chi connectivity index (χ1n) is 2.70. The van der Waals surface area contributed by atoms with E-state index in [1.807, 2.05) is 0 Å². The van der Waals surface area contributed by atoms with Gasteiger partial charge in [-0.15, -0.1) is 16.9 Å². The summed E-state index contributed by atoms with van der Waals surface area (Å²) in [7, 11) is 0. The zero-order chi connectivity index (χ0) is 7.40. The smallest absolute Gasteiger partial charge is 0.0513 e. The number of halogens is 3. The molecular formula is C6H7Cl2FN2. The van der Waals surface area contributed by atoms with E-state index < -0.39 is 0 Å². The topological polar surface area (TPSA) is 24.1 Å². The molecule has 1 aromatic carbocycles. The summed E-state index contributed by atoms with van der Waals surface area (Å²) in [6.07, 6.45) is 0. The lowest BCUT2D eigenvalue weighted by Crippen LogP contribution is -2.09. The van der Waals surface area contributed by atoms with E-state index in [2.05, 4.69) is 5.43 Å². The molecule has 62 valence electrons. The predicted molar refractivity (Wildman–Crippen MR) is 46.6 cm³/mol. The summed E-state index contributed by atoms with van der Waals surface area (Å²) in [4.78, 5) is 0. The lowest BCUT2D eigenvalue weighted by Gasteiger charge is -1.99. The van der Waals surface area contributed by atoms with Gasteiger partial charge in [-0.05, 0) is 24.3 Å². The summed E-state index contributed by atoms with van der Waals surface area (Å²) in [6, 6.07) is 6.66. The molecule has 5 heteroatoms. The molecule has 0 atom stereocenters. The highest BCUT2D eigenvalue weighted by Gasteiger charge is 1.88. The normalized spacial score (nSPS) is 8.55. The van der Waals surface area contributed by atoms with Crippen LogP contribution in [0.5, 0.6) is 0 Å². The first-order valence-corrected chi connectivity index (χ1v) is 3.08. The molecular weight excluding hydrogens is 190 g/mol. The Morgan fingerprint density at radius 2 is 1.73 bits per heavy atom. The highest BCUT2D eigenvalue weighted by Crippen LogP contribution is 2.11. The van der Waals surface area contributed by atoms with Crippen molar-refractivity contribution in [1.82, 2.24) is 5.65 Å². The number of rotatable bonds is 2.